The molecule has 2 rings (SSSR count). The molecule has 1 aromatic rings. The van der Waals surface area contributed by atoms with Crippen molar-refractivity contribution in [3.05, 3.63) is 16.4 Å². The molecule has 0 N–H and O–H groups in total. The summed E-state index contributed by atoms with van der Waals surface area (Å²) in [6.45, 7) is 10.6. The van der Waals surface area contributed by atoms with Crippen LogP contribution in [0.3, 0.4) is 0 Å². The van der Waals surface area contributed by atoms with Crippen LogP contribution in [0.1, 0.15) is 20.8 Å². The molecule has 0 unspecified atom stereocenters. The molecule has 1 aliphatic rings. The molecule has 18 heavy (non-hydrogen) atoms. The Hall–Kier alpha value is -0.580. The van der Waals surface area contributed by atoms with Crippen molar-refractivity contribution in [1.82, 2.24) is 15.1 Å². The lowest BCUT2D eigenvalue weighted by Crippen LogP contribution is -2.53. The monoisotopic (exact) mass is 288 g/mol. The minimum absolute atomic E-state index is 0.212. The predicted octanol–water partition coefficient (Wildman–Crippen LogP) is 2.70. The van der Waals surface area contributed by atoms with Crippen LogP contribution in [0.2, 0.25) is 10.3 Å². The molecule has 6 heteroatoms. The highest BCUT2D eigenvalue weighted by Gasteiger charge is 2.26. The summed E-state index contributed by atoms with van der Waals surface area (Å²) in [6, 6.07) is 1.78. The zero-order valence-corrected chi connectivity index (χ0v) is 12.5. The molecule has 1 aromatic heterocycles. The van der Waals surface area contributed by atoms with E-state index in [1.165, 1.54) is 0 Å². The Balaban J connectivity index is 2.08. The fraction of sp³-hybridized carbons (Fsp3) is 0.667. The van der Waals surface area contributed by atoms with Gasteiger partial charge >= 0.3 is 0 Å². The van der Waals surface area contributed by atoms with Crippen molar-refractivity contribution in [2.24, 2.45) is 0 Å². The van der Waals surface area contributed by atoms with Crippen LogP contribution in [0.4, 0.5) is 5.69 Å². The maximum atomic E-state index is 6.07. The van der Waals surface area contributed by atoms with Crippen LogP contribution in [0, 0.1) is 0 Å². The molecule has 4 nitrogen and oxygen atoms in total. The van der Waals surface area contributed by atoms with Gasteiger partial charge in [0.15, 0.2) is 10.3 Å². The van der Waals surface area contributed by atoms with Gasteiger partial charge < -0.3 is 4.90 Å². The Morgan fingerprint density at radius 1 is 1.06 bits per heavy atom. The van der Waals surface area contributed by atoms with Crippen molar-refractivity contribution in [2.75, 3.05) is 31.1 Å². The van der Waals surface area contributed by atoms with E-state index in [1.807, 2.05) is 0 Å². The molecule has 1 aliphatic heterocycles. The zero-order valence-electron chi connectivity index (χ0n) is 11.0. The normalized spacial score (nSPS) is 18.2. The van der Waals surface area contributed by atoms with Gasteiger partial charge in [-0.1, -0.05) is 23.2 Å². The van der Waals surface area contributed by atoms with Crippen molar-refractivity contribution in [3.63, 3.8) is 0 Å². The van der Waals surface area contributed by atoms with Gasteiger partial charge in [-0.05, 0) is 20.8 Å². The second kappa shape index (κ2) is 5.19. The number of anilines is 1. The van der Waals surface area contributed by atoms with Gasteiger partial charge in [-0.3, -0.25) is 4.90 Å². The first kappa shape index (κ1) is 13.8. The van der Waals surface area contributed by atoms with Crippen LogP contribution < -0.4 is 4.90 Å². The van der Waals surface area contributed by atoms with Crippen LogP contribution in [0.15, 0.2) is 6.07 Å². The largest absolute Gasteiger partial charge is 0.366 e. The quantitative estimate of drug-likeness (QED) is 0.795. The van der Waals surface area contributed by atoms with Crippen LogP contribution in [-0.4, -0.2) is 46.8 Å². The van der Waals surface area contributed by atoms with E-state index in [0.717, 1.165) is 31.9 Å². The fourth-order valence-corrected chi connectivity index (χ4v) is 2.54. The van der Waals surface area contributed by atoms with E-state index in [-0.39, 0.29) is 5.54 Å². The Morgan fingerprint density at radius 3 is 2.22 bits per heavy atom. The number of halogens is 2. The third-order valence-electron chi connectivity index (χ3n) is 3.27. The maximum Gasteiger partial charge on any atom is 0.175 e. The summed E-state index contributed by atoms with van der Waals surface area (Å²) in [5.74, 6) is 0. The van der Waals surface area contributed by atoms with Crippen LogP contribution in [0.5, 0.6) is 0 Å². The van der Waals surface area contributed by atoms with Gasteiger partial charge in [0.1, 0.15) is 0 Å². The molecule has 0 aromatic carbocycles. The lowest BCUT2D eigenvalue weighted by atomic mass is 10.0. The average molecular weight is 289 g/mol. The highest BCUT2D eigenvalue weighted by molar-refractivity contribution is 6.33. The van der Waals surface area contributed by atoms with E-state index in [0.29, 0.717) is 10.3 Å². The lowest BCUT2D eigenvalue weighted by molar-refractivity contribution is 0.128. The van der Waals surface area contributed by atoms with E-state index in [1.54, 1.807) is 6.07 Å². The molecule has 0 aliphatic carbocycles. The number of aromatic nitrogens is 2. The first-order valence-corrected chi connectivity index (χ1v) is 6.82. The summed E-state index contributed by atoms with van der Waals surface area (Å²) in [7, 11) is 0. The van der Waals surface area contributed by atoms with Crippen molar-refractivity contribution >= 4 is 28.9 Å². The highest BCUT2D eigenvalue weighted by Crippen LogP contribution is 2.27. The smallest absolute Gasteiger partial charge is 0.175 e. The summed E-state index contributed by atoms with van der Waals surface area (Å²) >= 11 is 11.9. The summed E-state index contributed by atoms with van der Waals surface area (Å²) in [6.07, 6.45) is 0. The molecule has 0 spiro atoms. The topological polar surface area (TPSA) is 32.3 Å². The number of piperazine rings is 1. The summed E-state index contributed by atoms with van der Waals surface area (Å²) < 4.78 is 0. The van der Waals surface area contributed by atoms with Crippen molar-refractivity contribution in [3.8, 4) is 0 Å². The van der Waals surface area contributed by atoms with Gasteiger partial charge in [-0.15, -0.1) is 10.2 Å². The third kappa shape index (κ3) is 3.05. The Bertz CT molecular complexity index is 423. The second-order valence-corrected chi connectivity index (χ2v) is 6.23. The SMILES string of the molecule is CC(C)(C)N1CCN(c2cc(Cl)nnc2Cl)CC1. The molecule has 1 fully saturated rings. The van der Waals surface area contributed by atoms with Gasteiger partial charge in [0.05, 0.1) is 5.69 Å². The van der Waals surface area contributed by atoms with Gasteiger partial charge in [-0.2, -0.15) is 0 Å². The Kier molecular flexibility index (Phi) is 3.99. The molecule has 0 atom stereocenters. The Labute approximate surface area is 118 Å². The summed E-state index contributed by atoms with van der Waals surface area (Å²) in [5, 5.41) is 8.39. The van der Waals surface area contributed by atoms with Gasteiger partial charge in [0.25, 0.3) is 0 Å². The van der Waals surface area contributed by atoms with E-state index in [4.69, 9.17) is 23.2 Å². The first-order chi connectivity index (χ1) is 8.38. The van der Waals surface area contributed by atoms with E-state index in [9.17, 15) is 0 Å². The predicted molar refractivity (Wildman–Crippen MR) is 75.6 cm³/mol. The minimum Gasteiger partial charge on any atom is -0.366 e. The number of hydrogen-bond donors (Lipinski definition) is 0. The average Bonchev–Trinajstić information content (AvgIpc) is 2.31. The van der Waals surface area contributed by atoms with Crippen molar-refractivity contribution < 1.29 is 0 Å². The molecule has 100 valence electrons. The van der Waals surface area contributed by atoms with Crippen LogP contribution in [0.25, 0.3) is 0 Å². The molecule has 0 amide bonds. The molecular formula is C12H18Cl2N4. The molecular weight excluding hydrogens is 271 g/mol. The molecule has 0 bridgehead atoms. The van der Waals surface area contributed by atoms with E-state index < -0.39 is 0 Å². The molecule has 0 radical (unpaired) electrons. The Morgan fingerprint density at radius 2 is 1.67 bits per heavy atom. The number of nitrogens with zero attached hydrogens (tertiary/aromatic N) is 4. The molecule has 1 saturated heterocycles. The zero-order chi connectivity index (χ0) is 13.3. The minimum atomic E-state index is 0.212. The van der Waals surface area contributed by atoms with E-state index >= 15 is 0 Å². The lowest BCUT2D eigenvalue weighted by Gasteiger charge is -2.43. The third-order valence-corrected chi connectivity index (χ3v) is 3.72. The highest BCUT2D eigenvalue weighted by atomic mass is 35.5. The van der Waals surface area contributed by atoms with Crippen LogP contribution >= 0.6 is 23.2 Å². The standard InChI is InChI=1S/C12H18Cl2N4/c1-12(2,3)18-6-4-17(5-7-18)9-8-10(13)15-16-11(9)14/h8H,4-7H2,1-3H3. The summed E-state index contributed by atoms with van der Waals surface area (Å²) in [4.78, 5) is 4.68. The van der Waals surface area contributed by atoms with Crippen molar-refractivity contribution in [2.45, 2.75) is 26.3 Å². The second-order valence-electron chi connectivity index (χ2n) is 5.49. The van der Waals surface area contributed by atoms with Crippen LogP contribution in [-0.2, 0) is 0 Å². The maximum absolute atomic E-state index is 6.07. The molecule has 0 saturated carbocycles. The number of rotatable bonds is 1. The fourth-order valence-electron chi connectivity index (χ4n) is 2.18. The van der Waals surface area contributed by atoms with E-state index in [2.05, 4.69) is 40.8 Å². The number of hydrogen-bond acceptors (Lipinski definition) is 4. The first-order valence-electron chi connectivity index (χ1n) is 6.06. The van der Waals surface area contributed by atoms with Crippen molar-refractivity contribution in [1.29, 1.82) is 0 Å². The summed E-state index contributed by atoms with van der Waals surface area (Å²) in [5.41, 5.74) is 1.09. The van der Waals surface area contributed by atoms with Gasteiger partial charge in [-0.25, -0.2) is 0 Å². The van der Waals surface area contributed by atoms with Gasteiger partial charge in [0.2, 0.25) is 0 Å². The van der Waals surface area contributed by atoms with Gasteiger partial charge in [0, 0.05) is 37.8 Å². The molecule has 2 heterocycles.